The molecule has 2 aromatic rings. The first-order valence-electron chi connectivity index (χ1n) is 5.88. The van der Waals surface area contributed by atoms with Gasteiger partial charge in [0.1, 0.15) is 5.82 Å². The predicted octanol–water partition coefficient (Wildman–Crippen LogP) is 3.08. The van der Waals surface area contributed by atoms with Gasteiger partial charge in [0.25, 0.3) is 0 Å². The van der Waals surface area contributed by atoms with Crippen molar-refractivity contribution in [2.75, 3.05) is 0 Å². The van der Waals surface area contributed by atoms with Gasteiger partial charge in [0.05, 0.1) is 16.9 Å². The van der Waals surface area contributed by atoms with Gasteiger partial charge in [0.2, 0.25) is 0 Å². The Balaban J connectivity index is 2.49. The Labute approximate surface area is 110 Å². The van der Waals surface area contributed by atoms with Gasteiger partial charge in [-0.15, -0.1) is 0 Å². The van der Waals surface area contributed by atoms with E-state index < -0.39 is 5.82 Å². The van der Waals surface area contributed by atoms with Gasteiger partial charge in [0, 0.05) is 23.9 Å². The molecule has 3 nitrogen and oxygen atoms in total. The molecule has 0 fully saturated rings. The first kappa shape index (κ1) is 13.1. The van der Waals surface area contributed by atoms with Crippen molar-refractivity contribution in [3.8, 4) is 5.69 Å². The Bertz CT molecular complexity index is 551. The first-order valence-corrected chi connectivity index (χ1v) is 6.26. The third-order valence-corrected chi connectivity index (χ3v) is 3.12. The summed E-state index contributed by atoms with van der Waals surface area (Å²) in [4.78, 5) is 0. The Morgan fingerprint density at radius 2 is 2.22 bits per heavy atom. The third-order valence-electron chi connectivity index (χ3n) is 2.81. The quantitative estimate of drug-likeness (QED) is 0.925. The molecule has 2 rings (SSSR count). The van der Waals surface area contributed by atoms with E-state index in [4.69, 9.17) is 17.3 Å². The van der Waals surface area contributed by atoms with Crippen molar-refractivity contribution in [3.63, 3.8) is 0 Å². The molecule has 96 valence electrons. The van der Waals surface area contributed by atoms with E-state index in [1.54, 1.807) is 16.9 Å². The van der Waals surface area contributed by atoms with Gasteiger partial charge in [0.15, 0.2) is 0 Å². The molecule has 0 unspecified atom stereocenters. The molecule has 1 aromatic heterocycles. The number of nitrogens with two attached hydrogens (primary N) is 1. The molecule has 0 atom stereocenters. The zero-order valence-electron chi connectivity index (χ0n) is 10.2. The van der Waals surface area contributed by atoms with Crippen LogP contribution in [0.5, 0.6) is 0 Å². The molecule has 5 heteroatoms. The molecular weight excluding hydrogens is 253 g/mol. The van der Waals surface area contributed by atoms with Crippen LogP contribution in [0.25, 0.3) is 5.69 Å². The fourth-order valence-electron chi connectivity index (χ4n) is 1.92. The molecule has 0 aliphatic heterocycles. The van der Waals surface area contributed by atoms with Gasteiger partial charge in [-0.05, 0) is 18.6 Å². The summed E-state index contributed by atoms with van der Waals surface area (Å²) in [7, 11) is 0. The van der Waals surface area contributed by atoms with Crippen molar-refractivity contribution < 1.29 is 4.39 Å². The number of benzene rings is 1. The van der Waals surface area contributed by atoms with Crippen molar-refractivity contribution in [1.82, 2.24) is 9.78 Å². The lowest BCUT2D eigenvalue weighted by molar-refractivity contribution is 0.625. The van der Waals surface area contributed by atoms with Gasteiger partial charge in [-0.1, -0.05) is 24.9 Å². The SMILES string of the molecule is CCCc1c(CN)cnn1-c1ccc(Cl)c(F)c1. The average molecular weight is 268 g/mol. The molecule has 18 heavy (non-hydrogen) atoms. The molecule has 0 spiro atoms. The summed E-state index contributed by atoms with van der Waals surface area (Å²) >= 11 is 5.68. The molecule has 2 N–H and O–H groups in total. The number of aromatic nitrogens is 2. The molecule has 1 aromatic carbocycles. The Morgan fingerprint density at radius 1 is 1.44 bits per heavy atom. The molecule has 0 aliphatic rings. The standard InChI is InChI=1S/C13H15ClFN3/c1-2-3-13-9(7-16)8-17-18(13)10-4-5-11(14)12(15)6-10/h4-6,8H,2-3,7,16H2,1H3. The van der Waals surface area contributed by atoms with Crippen LogP contribution in [0, 0.1) is 5.82 Å². The van der Waals surface area contributed by atoms with E-state index in [1.807, 2.05) is 0 Å². The zero-order valence-corrected chi connectivity index (χ0v) is 10.9. The highest BCUT2D eigenvalue weighted by atomic mass is 35.5. The summed E-state index contributed by atoms with van der Waals surface area (Å²) in [6.07, 6.45) is 3.57. The maximum Gasteiger partial charge on any atom is 0.143 e. The normalized spacial score (nSPS) is 10.9. The Kier molecular flexibility index (Phi) is 3.99. The van der Waals surface area contributed by atoms with Crippen molar-refractivity contribution in [1.29, 1.82) is 0 Å². The molecule has 0 aliphatic carbocycles. The number of halogens is 2. The molecule has 0 bridgehead atoms. The second kappa shape index (κ2) is 5.50. The van der Waals surface area contributed by atoms with Gasteiger partial charge in [-0.2, -0.15) is 5.10 Å². The number of rotatable bonds is 4. The van der Waals surface area contributed by atoms with E-state index >= 15 is 0 Å². The summed E-state index contributed by atoms with van der Waals surface area (Å²) < 4.78 is 15.2. The topological polar surface area (TPSA) is 43.8 Å². The zero-order chi connectivity index (χ0) is 13.1. The van der Waals surface area contributed by atoms with E-state index in [9.17, 15) is 4.39 Å². The smallest absolute Gasteiger partial charge is 0.143 e. The Hall–Kier alpha value is -1.39. The van der Waals surface area contributed by atoms with E-state index in [0.29, 0.717) is 12.2 Å². The lowest BCUT2D eigenvalue weighted by Gasteiger charge is -2.09. The van der Waals surface area contributed by atoms with Crippen molar-refractivity contribution >= 4 is 11.6 Å². The van der Waals surface area contributed by atoms with Crippen LogP contribution in [0.3, 0.4) is 0 Å². The van der Waals surface area contributed by atoms with Gasteiger partial charge < -0.3 is 5.73 Å². The highest BCUT2D eigenvalue weighted by Crippen LogP contribution is 2.21. The highest BCUT2D eigenvalue weighted by Gasteiger charge is 2.11. The fourth-order valence-corrected chi connectivity index (χ4v) is 2.04. The van der Waals surface area contributed by atoms with Crippen molar-refractivity contribution in [2.24, 2.45) is 5.73 Å². The van der Waals surface area contributed by atoms with E-state index in [-0.39, 0.29) is 5.02 Å². The van der Waals surface area contributed by atoms with Crippen LogP contribution in [-0.4, -0.2) is 9.78 Å². The Morgan fingerprint density at radius 3 is 2.83 bits per heavy atom. The summed E-state index contributed by atoms with van der Waals surface area (Å²) in [6, 6.07) is 4.67. The predicted molar refractivity (Wildman–Crippen MR) is 70.4 cm³/mol. The molecule has 0 radical (unpaired) electrons. The summed E-state index contributed by atoms with van der Waals surface area (Å²) in [5.41, 5.74) is 8.37. The molecule has 0 saturated carbocycles. The number of nitrogens with zero attached hydrogens (tertiary/aromatic N) is 2. The van der Waals surface area contributed by atoms with Crippen LogP contribution < -0.4 is 5.73 Å². The summed E-state index contributed by atoms with van der Waals surface area (Å²) in [5.74, 6) is -0.443. The van der Waals surface area contributed by atoms with Crippen LogP contribution in [0.1, 0.15) is 24.6 Å². The fraction of sp³-hybridized carbons (Fsp3) is 0.308. The molecule has 1 heterocycles. The number of hydrogen-bond donors (Lipinski definition) is 1. The maximum atomic E-state index is 13.5. The molecule has 0 amide bonds. The minimum absolute atomic E-state index is 0.113. The van der Waals surface area contributed by atoms with Gasteiger partial charge in [-0.3, -0.25) is 0 Å². The largest absolute Gasteiger partial charge is 0.326 e. The van der Waals surface area contributed by atoms with Crippen LogP contribution in [0.15, 0.2) is 24.4 Å². The van der Waals surface area contributed by atoms with Gasteiger partial charge >= 0.3 is 0 Å². The monoisotopic (exact) mass is 267 g/mol. The van der Waals surface area contributed by atoms with Crippen LogP contribution in [0.4, 0.5) is 4.39 Å². The number of hydrogen-bond acceptors (Lipinski definition) is 2. The minimum atomic E-state index is -0.443. The van der Waals surface area contributed by atoms with E-state index in [2.05, 4.69) is 12.0 Å². The lowest BCUT2D eigenvalue weighted by Crippen LogP contribution is -2.06. The first-order chi connectivity index (χ1) is 8.67. The van der Waals surface area contributed by atoms with Gasteiger partial charge in [-0.25, -0.2) is 9.07 Å². The molecule has 0 saturated heterocycles. The average Bonchev–Trinajstić information content (AvgIpc) is 2.76. The van der Waals surface area contributed by atoms with E-state index in [0.717, 1.165) is 24.1 Å². The molecular formula is C13H15ClFN3. The van der Waals surface area contributed by atoms with Crippen LogP contribution in [-0.2, 0) is 13.0 Å². The summed E-state index contributed by atoms with van der Waals surface area (Å²) in [5, 5.41) is 4.39. The second-order valence-corrected chi connectivity index (χ2v) is 4.49. The van der Waals surface area contributed by atoms with Crippen molar-refractivity contribution in [3.05, 3.63) is 46.5 Å². The minimum Gasteiger partial charge on any atom is -0.326 e. The van der Waals surface area contributed by atoms with Crippen molar-refractivity contribution in [2.45, 2.75) is 26.3 Å². The van der Waals surface area contributed by atoms with Crippen LogP contribution in [0.2, 0.25) is 5.02 Å². The summed E-state index contributed by atoms with van der Waals surface area (Å²) in [6.45, 7) is 2.52. The van der Waals surface area contributed by atoms with Crippen LogP contribution >= 0.6 is 11.6 Å². The lowest BCUT2D eigenvalue weighted by atomic mass is 10.1. The highest BCUT2D eigenvalue weighted by molar-refractivity contribution is 6.30. The third kappa shape index (κ3) is 2.40. The maximum absolute atomic E-state index is 13.5. The second-order valence-electron chi connectivity index (χ2n) is 4.08. The van der Waals surface area contributed by atoms with E-state index in [1.165, 1.54) is 12.1 Å².